The fraction of sp³-hybridized carbons (Fsp3) is 0.917. The summed E-state index contributed by atoms with van der Waals surface area (Å²) in [4.78, 5) is 11.5. The van der Waals surface area contributed by atoms with Gasteiger partial charge in [0.1, 0.15) is 0 Å². The molecule has 4 heteroatoms. The number of nitrogens with one attached hydrogen (secondary N) is 1. The highest BCUT2D eigenvalue weighted by Crippen LogP contribution is 2.22. The second kappa shape index (κ2) is 7.17. The molecular weight excluding hydrogens is 220 g/mol. The SMILES string of the molecule is CCCSC(C)CC(C)(NC(C)C)C(N)=O. The van der Waals surface area contributed by atoms with E-state index in [1.54, 1.807) is 0 Å². The highest BCUT2D eigenvalue weighted by atomic mass is 32.2. The van der Waals surface area contributed by atoms with Crippen LogP contribution in [0.2, 0.25) is 0 Å². The van der Waals surface area contributed by atoms with Crippen molar-refractivity contribution in [2.24, 2.45) is 5.73 Å². The zero-order chi connectivity index (χ0) is 12.8. The quantitative estimate of drug-likeness (QED) is 0.690. The molecule has 0 saturated heterocycles. The third-order valence-corrected chi connectivity index (χ3v) is 3.83. The predicted octanol–water partition coefficient (Wildman–Crippen LogP) is 2.15. The Bertz CT molecular complexity index is 221. The number of hydrogen-bond donors (Lipinski definition) is 2. The Hall–Kier alpha value is -0.220. The first kappa shape index (κ1) is 15.8. The molecule has 0 aromatic rings. The van der Waals surface area contributed by atoms with E-state index in [2.05, 4.69) is 19.2 Å². The van der Waals surface area contributed by atoms with Crippen molar-refractivity contribution >= 4 is 17.7 Å². The lowest BCUT2D eigenvalue weighted by Crippen LogP contribution is -2.56. The Morgan fingerprint density at radius 1 is 1.44 bits per heavy atom. The normalized spacial score (nSPS) is 17.1. The summed E-state index contributed by atoms with van der Waals surface area (Å²) in [5, 5.41) is 3.72. The maximum atomic E-state index is 11.5. The molecular formula is C12H26N2OS. The maximum absolute atomic E-state index is 11.5. The van der Waals surface area contributed by atoms with E-state index in [9.17, 15) is 4.79 Å². The number of hydrogen-bond acceptors (Lipinski definition) is 3. The molecule has 1 amide bonds. The van der Waals surface area contributed by atoms with E-state index >= 15 is 0 Å². The highest BCUT2D eigenvalue weighted by Gasteiger charge is 2.33. The number of nitrogens with two attached hydrogens (primary N) is 1. The Morgan fingerprint density at radius 2 is 2.00 bits per heavy atom. The topological polar surface area (TPSA) is 55.1 Å². The van der Waals surface area contributed by atoms with Crippen molar-refractivity contribution in [2.45, 2.75) is 64.3 Å². The molecule has 0 aliphatic carbocycles. The minimum atomic E-state index is -0.589. The molecule has 3 nitrogen and oxygen atoms in total. The summed E-state index contributed by atoms with van der Waals surface area (Å²) in [6, 6.07) is 0.265. The maximum Gasteiger partial charge on any atom is 0.237 e. The van der Waals surface area contributed by atoms with Crippen molar-refractivity contribution in [3.8, 4) is 0 Å². The van der Waals surface area contributed by atoms with Crippen LogP contribution in [0.5, 0.6) is 0 Å². The first-order chi connectivity index (χ1) is 7.31. The molecule has 0 saturated carbocycles. The Morgan fingerprint density at radius 3 is 2.38 bits per heavy atom. The van der Waals surface area contributed by atoms with Crippen LogP contribution >= 0.6 is 11.8 Å². The van der Waals surface area contributed by atoms with E-state index in [1.165, 1.54) is 6.42 Å². The van der Waals surface area contributed by atoms with Crippen LogP contribution in [0.4, 0.5) is 0 Å². The van der Waals surface area contributed by atoms with Gasteiger partial charge in [-0.05, 0) is 39.4 Å². The molecule has 0 rings (SSSR count). The monoisotopic (exact) mass is 246 g/mol. The molecule has 0 aromatic carbocycles. The van der Waals surface area contributed by atoms with Crippen LogP contribution in [0.25, 0.3) is 0 Å². The summed E-state index contributed by atoms with van der Waals surface area (Å²) < 4.78 is 0. The second-order valence-electron chi connectivity index (χ2n) is 4.88. The van der Waals surface area contributed by atoms with Crippen molar-refractivity contribution < 1.29 is 4.79 Å². The average Bonchev–Trinajstić information content (AvgIpc) is 2.12. The molecule has 0 aromatic heterocycles. The Labute approximate surface area is 104 Å². The minimum absolute atomic E-state index is 0.259. The number of carbonyl (C=O) groups excluding carboxylic acids is 1. The van der Waals surface area contributed by atoms with Gasteiger partial charge in [-0.3, -0.25) is 4.79 Å². The van der Waals surface area contributed by atoms with Gasteiger partial charge >= 0.3 is 0 Å². The molecule has 2 unspecified atom stereocenters. The van der Waals surface area contributed by atoms with Crippen molar-refractivity contribution in [3.63, 3.8) is 0 Å². The number of thioether (sulfide) groups is 1. The molecule has 0 fully saturated rings. The third-order valence-electron chi connectivity index (χ3n) is 2.45. The van der Waals surface area contributed by atoms with Crippen LogP contribution in [-0.2, 0) is 4.79 Å². The van der Waals surface area contributed by atoms with Gasteiger partial charge in [-0.25, -0.2) is 0 Å². The molecule has 0 spiro atoms. The van der Waals surface area contributed by atoms with Crippen LogP contribution in [-0.4, -0.2) is 28.5 Å². The summed E-state index contributed by atoms with van der Waals surface area (Å²) in [7, 11) is 0. The fourth-order valence-electron chi connectivity index (χ4n) is 1.82. The molecule has 3 N–H and O–H groups in total. The smallest absolute Gasteiger partial charge is 0.237 e. The molecule has 0 heterocycles. The zero-order valence-corrected chi connectivity index (χ0v) is 12.0. The van der Waals surface area contributed by atoms with Gasteiger partial charge in [-0.15, -0.1) is 0 Å². The van der Waals surface area contributed by atoms with Gasteiger partial charge in [-0.1, -0.05) is 13.8 Å². The van der Waals surface area contributed by atoms with Crippen molar-refractivity contribution in [3.05, 3.63) is 0 Å². The average molecular weight is 246 g/mol. The molecule has 0 aliphatic heterocycles. The number of amides is 1. The minimum Gasteiger partial charge on any atom is -0.368 e. The molecule has 0 radical (unpaired) electrons. The lowest BCUT2D eigenvalue weighted by Gasteiger charge is -2.32. The van der Waals surface area contributed by atoms with Gasteiger partial charge in [-0.2, -0.15) is 11.8 Å². The van der Waals surface area contributed by atoms with Crippen molar-refractivity contribution in [1.82, 2.24) is 5.32 Å². The van der Waals surface area contributed by atoms with Crippen LogP contribution in [0.15, 0.2) is 0 Å². The first-order valence-corrected chi connectivity index (χ1v) is 7.06. The van der Waals surface area contributed by atoms with Gasteiger partial charge in [0.05, 0.1) is 5.54 Å². The van der Waals surface area contributed by atoms with Gasteiger partial charge in [0, 0.05) is 11.3 Å². The largest absolute Gasteiger partial charge is 0.368 e. The summed E-state index contributed by atoms with van der Waals surface area (Å²) in [6.45, 7) is 10.3. The molecule has 0 aliphatic rings. The summed E-state index contributed by atoms with van der Waals surface area (Å²) >= 11 is 1.90. The highest BCUT2D eigenvalue weighted by molar-refractivity contribution is 7.99. The summed E-state index contributed by atoms with van der Waals surface area (Å²) in [6.07, 6.45) is 1.95. The number of carbonyl (C=O) groups is 1. The van der Waals surface area contributed by atoms with E-state index in [0.717, 1.165) is 12.2 Å². The van der Waals surface area contributed by atoms with Crippen LogP contribution in [0.1, 0.15) is 47.5 Å². The van der Waals surface area contributed by atoms with E-state index in [-0.39, 0.29) is 11.9 Å². The lowest BCUT2D eigenvalue weighted by atomic mass is 9.94. The first-order valence-electron chi connectivity index (χ1n) is 6.01. The molecule has 16 heavy (non-hydrogen) atoms. The van der Waals surface area contributed by atoms with Crippen LogP contribution in [0, 0.1) is 0 Å². The molecule has 0 bridgehead atoms. The van der Waals surface area contributed by atoms with Crippen molar-refractivity contribution in [2.75, 3.05) is 5.75 Å². The fourth-order valence-corrected chi connectivity index (χ4v) is 2.91. The van der Waals surface area contributed by atoms with Gasteiger partial charge in [0.2, 0.25) is 5.91 Å². The second-order valence-corrected chi connectivity index (χ2v) is 6.43. The standard InChI is InChI=1S/C12H26N2OS/c1-6-7-16-10(4)8-12(5,11(13)15)14-9(2)3/h9-10,14H,6-8H2,1-5H3,(H2,13,15). The van der Waals surface area contributed by atoms with Gasteiger partial charge in [0.15, 0.2) is 0 Å². The van der Waals surface area contributed by atoms with E-state index < -0.39 is 5.54 Å². The van der Waals surface area contributed by atoms with E-state index in [4.69, 9.17) is 5.73 Å². The molecule has 96 valence electrons. The van der Waals surface area contributed by atoms with E-state index in [1.807, 2.05) is 32.5 Å². The predicted molar refractivity (Wildman–Crippen MR) is 72.7 cm³/mol. The lowest BCUT2D eigenvalue weighted by molar-refractivity contribution is -0.124. The summed E-state index contributed by atoms with van der Waals surface area (Å²) in [5.41, 5.74) is 4.90. The van der Waals surface area contributed by atoms with Crippen molar-refractivity contribution in [1.29, 1.82) is 0 Å². The van der Waals surface area contributed by atoms with E-state index in [0.29, 0.717) is 5.25 Å². The third kappa shape index (κ3) is 5.75. The number of primary amides is 1. The van der Waals surface area contributed by atoms with Gasteiger partial charge < -0.3 is 11.1 Å². The number of rotatable bonds is 8. The molecule has 2 atom stereocenters. The Kier molecular flexibility index (Phi) is 7.07. The van der Waals surface area contributed by atoms with Gasteiger partial charge in [0.25, 0.3) is 0 Å². The Balaban J connectivity index is 4.37. The summed E-state index contributed by atoms with van der Waals surface area (Å²) in [5.74, 6) is 0.877. The van der Waals surface area contributed by atoms with Crippen LogP contribution < -0.4 is 11.1 Å². The zero-order valence-electron chi connectivity index (χ0n) is 11.2. The van der Waals surface area contributed by atoms with Crippen LogP contribution in [0.3, 0.4) is 0 Å².